The first-order chi connectivity index (χ1) is 6.65. The highest BCUT2D eigenvalue weighted by atomic mass is 16.2. The van der Waals surface area contributed by atoms with Crippen LogP contribution in [0.25, 0.3) is 0 Å². The Bertz CT molecular complexity index is 194. The number of carbonyl (C=O) groups excluding carboxylic acids is 1. The van der Waals surface area contributed by atoms with Gasteiger partial charge in [-0.15, -0.1) is 0 Å². The Kier molecular flexibility index (Phi) is 4.39. The topological polar surface area (TPSA) is 41.1 Å². The molecule has 3 nitrogen and oxygen atoms in total. The van der Waals surface area contributed by atoms with E-state index in [0.717, 1.165) is 25.8 Å². The Hall–Kier alpha value is -0.570. The fraction of sp³-hybridized carbons (Fsp3) is 0.909. The molecule has 0 bridgehead atoms. The predicted molar refractivity (Wildman–Crippen MR) is 58.1 cm³/mol. The van der Waals surface area contributed by atoms with Gasteiger partial charge in [-0.2, -0.15) is 0 Å². The summed E-state index contributed by atoms with van der Waals surface area (Å²) in [5.74, 6) is 0.653. The van der Waals surface area contributed by atoms with Crippen LogP contribution in [0, 0.1) is 5.92 Å². The molecule has 1 fully saturated rings. The summed E-state index contributed by atoms with van der Waals surface area (Å²) in [4.78, 5) is 11.8. The Morgan fingerprint density at radius 3 is 2.86 bits per heavy atom. The van der Waals surface area contributed by atoms with Gasteiger partial charge >= 0.3 is 0 Å². The molecule has 0 aromatic carbocycles. The standard InChI is InChI=1S/C11H22N2O/c1-4-5-9(3)13-11(14)10-8(2)6-7-12-10/h8-10,12H,4-7H2,1-3H3,(H,13,14). The average molecular weight is 198 g/mol. The van der Waals surface area contributed by atoms with Gasteiger partial charge in [0.25, 0.3) is 0 Å². The lowest BCUT2D eigenvalue weighted by Crippen LogP contribution is -2.46. The van der Waals surface area contributed by atoms with Crippen LogP contribution in [-0.4, -0.2) is 24.5 Å². The van der Waals surface area contributed by atoms with Gasteiger partial charge in [0.15, 0.2) is 0 Å². The van der Waals surface area contributed by atoms with Gasteiger partial charge in [-0.25, -0.2) is 0 Å². The van der Waals surface area contributed by atoms with E-state index in [1.165, 1.54) is 0 Å². The fourth-order valence-corrected chi connectivity index (χ4v) is 2.02. The van der Waals surface area contributed by atoms with Crippen LogP contribution in [0.15, 0.2) is 0 Å². The summed E-state index contributed by atoms with van der Waals surface area (Å²) < 4.78 is 0. The van der Waals surface area contributed by atoms with Gasteiger partial charge < -0.3 is 10.6 Å². The van der Waals surface area contributed by atoms with E-state index in [1.54, 1.807) is 0 Å². The molecule has 82 valence electrons. The smallest absolute Gasteiger partial charge is 0.237 e. The molecule has 0 aromatic rings. The van der Waals surface area contributed by atoms with Crippen molar-refractivity contribution in [2.24, 2.45) is 5.92 Å². The molecule has 0 saturated carbocycles. The maximum atomic E-state index is 11.8. The molecule has 3 atom stereocenters. The van der Waals surface area contributed by atoms with Crippen LogP contribution >= 0.6 is 0 Å². The largest absolute Gasteiger partial charge is 0.352 e. The third-order valence-corrected chi connectivity index (χ3v) is 2.93. The summed E-state index contributed by atoms with van der Waals surface area (Å²) in [5.41, 5.74) is 0. The Morgan fingerprint density at radius 1 is 1.64 bits per heavy atom. The highest BCUT2D eigenvalue weighted by molar-refractivity contribution is 5.82. The lowest BCUT2D eigenvalue weighted by Gasteiger charge is -2.19. The summed E-state index contributed by atoms with van der Waals surface area (Å²) in [6, 6.07) is 0.344. The third kappa shape index (κ3) is 2.98. The van der Waals surface area contributed by atoms with E-state index in [9.17, 15) is 4.79 Å². The van der Waals surface area contributed by atoms with Crippen LogP contribution in [-0.2, 0) is 4.79 Å². The van der Waals surface area contributed by atoms with Gasteiger partial charge in [0.2, 0.25) is 5.91 Å². The summed E-state index contributed by atoms with van der Waals surface area (Å²) in [6.45, 7) is 7.32. The van der Waals surface area contributed by atoms with E-state index in [-0.39, 0.29) is 11.9 Å². The highest BCUT2D eigenvalue weighted by Gasteiger charge is 2.29. The zero-order valence-electron chi connectivity index (χ0n) is 9.47. The van der Waals surface area contributed by atoms with E-state index in [2.05, 4.69) is 31.4 Å². The predicted octanol–water partition coefficient (Wildman–Crippen LogP) is 1.29. The lowest BCUT2D eigenvalue weighted by molar-refractivity contribution is -0.124. The quantitative estimate of drug-likeness (QED) is 0.714. The van der Waals surface area contributed by atoms with Gasteiger partial charge in [-0.1, -0.05) is 20.3 Å². The third-order valence-electron chi connectivity index (χ3n) is 2.93. The number of carbonyl (C=O) groups is 1. The van der Waals surface area contributed by atoms with Gasteiger partial charge in [0, 0.05) is 6.04 Å². The molecular formula is C11H22N2O. The SMILES string of the molecule is CCCC(C)NC(=O)C1NCCC1C. The summed E-state index contributed by atoms with van der Waals surface area (Å²) >= 11 is 0. The summed E-state index contributed by atoms with van der Waals surface area (Å²) in [7, 11) is 0. The molecule has 1 heterocycles. The monoisotopic (exact) mass is 198 g/mol. The minimum atomic E-state index is 0.0364. The van der Waals surface area contributed by atoms with E-state index in [1.807, 2.05) is 0 Å². The second-order valence-electron chi connectivity index (χ2n) is 4.40. The first-order valence-electron chi connectivity index (χ1n) is 5.69. The number of amides is 1. The first-order valence-corrected chi connectivity index (χ1v) is 5.69. The summed E-state index contributed by atoms with van der Waals surface area (Å²) in [5, 5.41) is 6.29. The minimum Gasteiger partial charge on any atom is -0.352 e. The van der Waals surface area contributed by atoms with Crippen molar-refractivity contribution >= 4 is 5.91 Å². The molecule has 3 heteroatoms. The van der Waals surface area contributed by atoms with Crippen LogP contribution in [0.1, 0.15) is 40.0 Å². The van der Waals surface area contributed by atoms with Crippen LogP contribution in [0.2, 0.25) is 0 Å². The second-order valence-corrected chi connectivity index (χ2v) is 4.40. The molecule has 0 spiro atoms. The van der Waals surface area contributed by atoms with Crippen LogP contribution < -0.4 is 10.6 Å². The van der Waals surface area contributed by atoms with E-state index < -0.39 is 0 Å². The van der Waals surface area contributed by atoms with Crippen LogP contribution in [0.3, 0.4) is 0 Å². The second kappa shape index (κ2) is 5.35. The Labute approximate surface area is 86.6 Å². The molecule has 2 N–H and O–H groups in total. The van der Waals surface area contributed by atoms with E-state index in [4.69, 9.17) is 0 Å². The molecule has 0 radical (unpaired) electrons. The van der Waals surface area contributed by atoms with Crippen molar-refractivity contribution in [3.05, 3.63) is 0 Å². The number of hydrogen-bond donors (Lipinski definition) is 2. The van der Waals surface area contributed by atoms with Crippen molar-refractivity contribution in [2.75, 3.05) is 6.54 Å². The Morgan fingerprint density at radius 2 is 2.36 bits per heavy atom. The molecule has 1 aliphatic heterocycles. The average Bonchev–Trinajstić information content (AvgIpc) is 2.51. The molecule has 14 heavy (non-hydrogen) atoms. The van der Waals surface area contributed by atoms with Crippen LogP contribution in [0.4, 0.5) is 0 Å². The lowest BCUT2D eigenvalue weighted by atomic mass is 10.0. The van der Waals surface area contributed by atoms with E-state index >= 15 is 0 Å². The normalized spacial score (nSPS) is 28.8. The van der Waals surface area contributed by atoms with Gasteiger partial charge in [0.05, 0.1) is 6.04 Å². The Balaban J connectivity index is 2.33. The van der Waals surface area contributed by atoms with Crippen molar-refractivity contribution in [1.29, 1.82) is 0 Å². The molecule has 1 rings (SSSR count). The molecule has 3 unspecified atom stereocenters. The number of nitrogens with one attached hydrogen (secondary N) is 2. The van der Waals surface area contributed by atoms with Gasteiger partial charge in [-0.3, -0.25) is 4.79 Å². The zero-order chi connectivity index (χ0) is 10.6. The summed E-state index contributed by atoms with van der Waals surface area (Å²) in [6.07, 6.45) is 3.29. The van der Waals surface area contributed by atoms with E-state index in [0.29, 0.717) is 12.0 Å². The van der Waals surface area contributed by atoms with Crippen molar-refractivity contribution in [3.8, 4) is 0 Å². The molecule has 1 amide bonds. The van der Waals surface area contributed by atoms with Crippen LogP contribution in [0.5, 0.6) is 0 Å². The molecular weight excluding hydrogens is 176 g/mol. The van der Waals surface area contributed by atoms with Gasteiger partial charge in [0.1, 0.15) is 0 Å². The highest BCUT2D eigenvalue weighted by Crippen LogP contribution is 2.14. The first kappa shape index (κ1) is 11.5. The van der Waals surface area contributed by atoms with Crippen molar-refractivity contribution in [2.45, 2.75) is 52.1 Å². The molecule has 1 saturated heterocycles. The fourth-order valence-electron chi connectivity index (χ4n) is 2.02. The van der Waals surface area contributed by atoms with Gasteiger partial charge in [-0.05, 0) is 32.2 Å². The number of hydrogen-bond acceptors (Lipinski definition) is 2. The minimum absolute atomic E-state index is 0.0364. The number of rotatable bonds is 4. The van der Waals surface area contributed by atoms with Crippen molar-refractivity contribution in [3.63, 3.8) is 0 Å². The van der Waals surface area contributed by atoms with Crippen molar-refractivity contribution in [1.82, 2.24) is 10.6 Å². The zero-order valence-corrected chi connectivity index (χ0v) is 9.47. The van der Waals surface area contributed by atoms with Crippen molar-refractivity contribution < 1.29 is 4.79 Å². The maximum Gasteiger partial charge on any atom is 0.237 e. The molecule has 0 aromatic heterocycles. The molecule has 1 aliphatic rings. The maximum absolute atomic E-state index is 11.8. The molecule has 0 aliphatic carbocycles.